The lowest BCUT2D eigenvalue weighted by molar-refractivity contribution is 1.35. The Morgan fingerprint density at radius 1 is 1.14 bits per heavy atom. The Hall–Kier alpha value is -0.600. The first-order valence-corrected chi connectivity index (χ1v) is 5.65. The van der Waals surface area contributed by atoms with E-state index in [2.05, 4.69) is 20.9 Å². The summed E-state index contributed by atoms with van der Waals surface area (Å²) >= 11 is 9.31. The van der Waals surface area contributed by atoms with Gasteiger partial charge in [0.1, 0.15) is 5.15 Å². The van der Waals surface area contributed by atoms with Gasteiger partial charge in [0.2, 0.25) is 0 Å². The van der Waals surface area contributed by atoms with Crippen molar-refractivity contribution in [2.75, 3.05) is 0 Å². The molecule has 1 heterocycles. The van der Waals surface area contributed by atoms with Crippen LogP contribution in [0.3, 0.4) is 0 Å². The van der Waals surface area contributed by atoms with Crippen LogP contribution in [0.5, 0.6) is 0 Å². The van der Waals surface area contributed by atoms with Crippen LogP contribution in [0.15, 0.2) is 34.9 Å². The molecule has 0 bridgehead atoms. The van der Waals surface area contributed by atoms with E-state index in [-0.39, 0.29) is 0 Å². The molecule has 0 saturated heterocycles. The third kappa shape index (κ3) is 2.25. The molecule has 1 aromatic carbocycles. The maximum absolute atomic E-state index is 5.90. The first-order valence-electron chi connectivity index (χ1n) is 4.48. The minimum atomic E-state index is 0.550. The normalized spacial score (nSPS) is 9.43. The highest BCUT2D eigenvalue weighted by Crippen LogP contribution is 2.27. The van der Waals surface area contributed by atoms with Crippen molar-refractivity contribution in [3.63, 3.8) is 0 Å². The summed E-state index contributed by atoms with van der Waals surface area (Å²) in [6.45, 7) is 4.00. The minimum Gasteiger partial charge on any atom is -0.243 e. The topological polar surface area (TPSA) is 12.9 Å². The van der Waals surface area contributed by atoms with Crippen LogP contribution in [0.2, 0.25) is 5.15 Å². The molecule has 0 aliphatic carbocycles. The highest BCUT2D eigenvalue weighted by atomic mass is 79.9. The van der Waals surface area contributed by atoms with E-state index >= 15 is 0 Å². The number of hydrogen-bond acceptors (Lipinski definition) is 1. The van der Waals surface area contributed by atoms with E-state index in [1.165, 1.54) is 0 Å². The largest absolute Gasteiger partial charge is 0.243 e. The standard InChI is InChI=1S/C9H5BrClN.C2H6/c10-8-5-12-9(11)7-4-2-1-3-6(7)8;1-2/h1-5H;1-2H3. The zero-order valence-corrected chi connectivity index (χ0v) is 10.4. The molecule has 0 atom stereocenters. The molecule has 1 aromatic heterocycles. The van der Waals surface area contributed by atoms with Crippen molar-refractivity contribution in [2.24, 2.45) is 0 Å². The Labute approximate surface area is 97.2 Å². The van der Waals surface area contributed by atoms with E-state index in [9.17, 15) is 0 Å². The van der Waals surface area contributed by atoms with Crippen molar-refractivity contribution in [1.29, 1.82) is 0 Å². The van der Waals surface area contributed by atoms with Crippen LogP contribution >= 0.6 is 27.5 Å². The molecule has 0 N–H and O–H groups in total. The van der Waals surface area contributed by atoms with Crippen LogP contribution in [-0.2, 0) is 0 Å². The molecule has 14 heavy (non-hydrogen) atoms. The molecule has 3 heteroatoms. The number of fused-ring (bicyclic) bond motifs is 1. The van der Waals surface area contributed by atoms with E-state index in [4.69, 9.17) is 11.6 Å². The summed E-state index contributed by atoms with van der Waals surface area (Å²) in [5.41, 5.74) is 0. The zero-order chi connectivity index (χ0) is 10.6. The average Bonchev–Trinajstić information content (AvgIpc) is 2.27. The smallest absolute Gasteiger partial charge is 0.136 e. The molecule has 0 saturated carbocycles. The molecule has 74 valence electrons. The SMILES string of the molecule is CC.Clc1ncc(Br)c2ccccc12. The van der Waals surface area contributed by atoms with Crippen molar-refractivity contribution in [1.82, 2.24) is 4.98 Å². The average molecular weight is 273 g/mol. The molecule has 0 fully saturated rings. The summed E-state index contributed by atoms with van der Waals surface area (Å²) < 4.78 is 0.975. The van der Waals surface area contributed by atoms with Crippen LogP contribution in [0.1, 0.15) is 13.8 Å². The maximum atomic E-state index is 5.90. The Balaban J connectivity index is 0.000000461. The quantitative estimate of drug-likeness (QED) is 0.635. The maximum Gasteiger partial charge on any atom is 0.136 e. The fourth-order valence-electron chi connectivity index (χ4n) is 1.12. The Bertz CT molecular complexity index is 388. The van der Waals surface area contributed by atoms with Gasteiger partial charge in [-0.15, -0.1) is 0 Å². The Morgan fingerprint density at radius 3 is 2.29 bits per heavy atom. The first kappa shape index (κ1) is 11.5. The van der Waals surface area contributed by atoms with Crippen LogP contribution in [0.25, 0.3) is 10.8 Å². The van der Waals surface area contributed by atoms with Gasteiger partial charge < -0.3 is 0 Å². The van der Waals surface area contributed by atoms with Gasteiger partial charge in [-0.2, -0.15) is 0 Å². The third-order valence-electron chi connectivity index (χ3n) is 1.70. The monoisotopic (exact) mass is 271 g/mol. The van der Waals surface area contributed by atoms with Crippen molar-refractivity contribution in [2.45, 2.75) is 13.8 Å². The lowest BCUT2D eigenvalue weighted by Gasteiger charge is -2.00. The molecule has 2 rings (SSSR count). The van der Waals surface area contributed by atoms with Gasteiger partial charge in [-0.25, -0.2) is 4.98 Å². The highest BCUT2D eigenvalue weighted by molar-refractivity contribution is 9.10. The van der Waals surface area contributed by atoms with E-state index < -0.39 is 0 Å². The molecule has 1 nitrogen and oxygen atoms in total. The molecular formula is C11H11BrClN. The number of rotatable bonds is 0. The summed E-state index contributed by atoms with van der Waals surface area (Å²) in [5.74, 6) is 0. The minimum absolute atomic E-state index is 0.550. The summed E-state index contributed by atoms with van der Waals surface area (Å²) in [6, 6.07) is 7.88. The van der Waals surface area contributed by atoms with Gasteiger partial charge in [0.25, 0.3) is 0 Å². The Morgan fingerprint density at radius 2 is 1.71 bits per heavy atom. The second kappa shape index (κ2) is 5.32. The van der Waals surface area contributed by atoms with Gasteiger partial charge >= 0.3 is 0 Å². The van der Waals surface area contributed by atoms with Crippen molar-refractivity contribution in [3.8, 4) is 0 Å². The predicted molar refractivity (Wildman–Crippen MR) is 65.8 cm³/mol. The number of hydrogen-bond donors (Lipinski definition) is 0. The van der Waals surface area contributed by atoms with Gasteiger partial charge in [0.05, 0.1) is 0 Å². The van der Waals surface area contributed by atoms with Gasteiger partial charge in [-0.05, 0) is 15.9 Å². The fraction of sp³-hybridized carbons (Fsp3) is 0.182. The number of benzene rings is 1. The van der Waals surface area contributed by atoms with Crippen LogP contribution in [-0.4, -0.2) is 4.98 Å². The Kier molecular flexibility index (Phi) is 4.36. The zero-order valence-electron chi connectivity index (χ0n) is 8.09. The van der Waals surface area contributed by atoms with Crippen molar-refractivity contribution < 1.29 is 0 Å². The summed E-state index contributed by atoms with van der Waals surface area (Å²) in [5, 5.41) is 2.62. The van der Waals surface area contributed by atoms with Gasteiger partial charge in [-0.3, -0.25) is 0 Å². The molecule has 0 unspecified atom stereocenters. The molecule has 0 amide bonds. The molecule has 2 aromatic rings. The summed E-state index contributed by atoms with van der Waals surface area (Å²) in [4.78, 5) is 4.03. The van der Waals surface area contributed by atoms with Crippen molar-refractivity contribution >= 4 is 38.3 Å². The molecule has 0 radical (unpaired) electrons. The van der Waals surface area contributed by atoms with Gasteiger partial charge in [0, 0.05) is 21.4 Å². The number of nitrogens with zero attached hydrogens (tertiary/aromatic N) is 1. The number of halogens is 2. The van der Waals surface area contributed by atoms with E-state index in [0.29, 0.717) is 5.15 Å². The van der Waals surface area contributed by atoms with Gasteiger partial charge in [0.15, 0.2) is 0 Å². The van der Waals surface area contributed by atoms with Gasteiger partial charge in [-0.1, -0.05) is 49.7 Å². The van der Waals surface area contributed by atoms with Crippen LogP contribution < -0.4 is 0 Å². The van der Waals surface area contributed by atoms with Crippen LogP contribution in [0, 0.1) is 0 Å². The van der Waals surface area contributed by atoms with E-state index in [1.54, 1.807) is 6.20 Å². The second-order valence-electron chi connectivity index (χ2n) is 2.44. The van der Waals surface area contributed by atoms with Crippen LogP contribution in [0.4, 0.5) is 0 Å². The lowest BCUT2D eigenvalue weighted by Crippen LogP contribution is -1.79. The molecular weight excluding hydrogens is 261 g/mol. The van der Waals surface area contributed by atoms with E-state index in [1.807, 2.05) is 38.1 Å². The number of aromatic nitrogens is 1. The second-order valence-corrected chi connectivity index (χ2v) is 3.65. The molecule has 0 aliphatic heterocycles. The summed E-state index contributed by atoms with van der Waals surface area (Å²) in [7, 11) is 0. The number of pyridine rings is 1. The fourth-order valence-corrected chi connectivity index (χ4v) is 1.79. The van der Waals surface area contributed by atoms with Crippen molar-refractivity contribution in [3.05, 3.63) is 40.1 Å². The predicted octanol–water partition coefficient (Wildman–Crippen LogP) is 4.68. The molecule has 0 aliphatic rings. The van der Waals surface area contributed by atoms with E-state index in [0.717, 1.165) is 15.2 Å². The third-order valence-corrected chi connectivity index (χ3v) is 2.63. The molecule has 0 spiro atoms. The summed E-state index contributed by atoms with van der Waals surface area (Å²) in [6.07, 6.45) is 1.71. The first-order chi connectivity index (χ1) is 6.79. The lowest BCUT2D eigenvalue weighted by atomic mass is 10.2. The highest BCUT2D eigenvalue weighted by Gasteiger charge is 2.01.